The maximum Gasteiger partial charge on any atom is 0.323 e. The van der Waals surface area contributed by atoms with Gasteiger partial charge in [0.1, 0.15) is 23.3 Å². The number of nitrogens with zero attached hydrogens (tertiary/aromatic N) is 7. The Morgan fingerprint density at radius 3 is 2.56 bits per heavy atom. The lowest BCUT2D eigenvalue weighted by atomic mass is 9.90. The molecular formula is C31H36N10O2. The number of nitriles is 1. The molecule has 12 nitrogen and oxygen atoms in total. The molecule has 0 spiro atoms. The Bertz CT molecular complexity index is 1530. The highest BCUT2D eigenvalue weighted by molar-refractivity contribution is 5.91. The first kappa shape index (κ1) is 29.5. The lowest BCUT2D eigenvalue weighted by molar-refractivity contribution is 0.210. The quantitative estimate of drug-likeness (QED) is 0.221. The van der Waals surface area contributed by atoms with E-state index >= 15 is 0 Å². The van der Waals surface area contributed by atoms with E-state index in [4.69, 9.17) is 9.72 Å². The first-order valence-electron chi connectivity index (χ1n) is 14.4. The van der Waals surface area contributed by atoms with Gasteiger partial charge in [-0.2, -0.15) is 15.3 Å². The number of methoxy groups -OCH3 is 1. The summed E-state index contributed by atoms with van der Waals surface area (Å²) in [6.07, 6.45) is 10.2. The lowest BCUT2D eigenvalue weighted by Crippen LogP contribution is -2.49. The summed E-state index contributed by atoms with van der Waals surface area (Å²) in [5, 5.41) is 23.3. The molecule has 12 heteroatoms. The van der Waals surface area contributed by atoms with E-state index in [1.165, 1.54) is 6.20 Å². The molecule has 2 amide bonds. The van der Waals surface area contributed by atoms with Crippen LogP contribution in [-0.2, 0) is 18.3 Å². The van der Waals surface area contributed by atoms with Crippen molar-refractivity contribution in [3.63, 3.8) is 0 Å². The number of nitrogens with one attached hydrogen (secondary N) is 3. The highest BCUT2D eigenvalue weighted by Gasteiger charge is 2.31. The number of aryl methyl sites for hydroxylation is 1. The molecule has 0 radical (unpaired) electrons. The first-order chi connectivity index (χ1) is 21.0. The van der Waals surface area contributed by atoms with Crippen molar-refractivity contribution in [1.29, 1.82) is 5.26 Å². The van der Waals surface area contributed by atoms with E-state index in [0.717, 1.165) is 42.4 Å². The molecule has 3 aromatic heterocycles. The molecule has 1 fully saturated rings. The number of hydrogen-bond donors (Lipinski definition) is 3. The van der Waals surface area contributed by atoms with E-state index in [1.807, 2.05) is 55.7 Å². The third kappa shape index (κ3) is 7.64. The van der Waals surface area contributed by atoms with E-state index < -0.39 is 0 Å². The van der Waals surface area contributed by atoms with Crippen molar-refractivity contribution in [2.45, 2.75) is 44.3 Å². The zero-order valence-corrected chi connectivity index (χ0v) is 24.4. The molecule has 3 N–H and O–H groups in total. The highest BCUT2D eigenvalue weighted by Crippen LogP contribution is 2.29. The molecule has 1 aliphatic carbocycles. The van der Waals surface area contributed by atoms with Crippen LogP contribution in [0.1, 0.15) is 36.8 Å². The summed E-state index contributed by atoms with van der Waals surface area (Å²) >= 11 is 0. The lowest BCUT2D eigenvalue weighted by Gasteiger charge is -2.36. The summed E-state index contributed by atoms with van der Waals surface area (Å²) in [5.41, 5.74) is 3.31. The number of carbonyl (C=O) groups is 1. The Morgan fingerprint density at radius 2 is 1.88 bits per heavy atom. The molecule has 1 aliphatic rings. The number of urea groups is 1. The van der Waals surface area contributed by atoms with Crippen LogP contribution in [0.25, 0.3) is 11.1 Å². The minimum absolute atomic E-state index is 0.0290. The summed E-state index contributed by atoms with van der Waals surface area (Å²) in [5.74, 6) is 1.55. The molecule has 43 heavy (non-hydrogen) atoms. The summed E-state index contributed by atoms with van der Waals surface area (Å²) < 4.78 is 6.84. The van der Waals surface area contributed by atoms with Crippen LogP contribution < -0.4 is 20.9 Å². The maximum absolute atomic E-state index is 13.6. The normalized spacial score (nSPS) is 16.2. The van der Waals surface area contributed by atoms with Gasteiger partial charge in [0.05, 0.1) is 19.0 Å². The van der Waals surface area contributed by atoms with Gasteiger partial charge in [-0.05, 0) is 43.4 Å². The third-order valence-corrected chi connectivity index (χ3v) is 7.44. The second kappa shape index (κ2) is 14.2. The van der Waals surface area contributed by atoms with Gasteiger partial charge in [0, 0.05) is 62.9 Å². The van der Waals surface area contributed by atoms with Gasteiger partial charge >= 0.3 is 6.03 Å². The number of amides is 2. The van der Waals surface area contributed by atoms with Gasteiger partial charge in [0.15, 0.2) is 0 Å². The van der Waals surface area contributed by atoms with Gasteiger partial charge < -0.3 is 20.7 Å². The van der Waals surface area contributed by atoms with E-state index in [2.05, 4.69) is 37.1 Å². The monoisotopic (exact) mass is 580 g/mol. The zero-order chi connectivity index (χ0) is 30.0. The summed E-state index contributed by atoms with van der Waals surface area (Å²) in [4.78, 5) is 29.0. The van der Waals surface area contributed by atoms with Gasteiger partial charge in [-0.1, -0.05) is 30.3 Å². The standard InChI is InChI=1S/C31H36N10O2/c1-40-21-25(20-37-40)23-8-13-28(34-18-23)41(31(42)36-17-22-6-4-3-5-7-22)27-11-9-26(10-12-27)38-30-35-19-24(16-32)29(39-30)33-14-15-43-2/h3-8,13,18-21,26-27H,9-12,14-15,17H2,1-2H3,(H,36,42)(H2,33,35,38,39)/t26-,27-. The summed E-state index contributed by atoms with van der Waals surface area (Å²) in [6.45, 7) is 1.46. The second-order valence-electron chi connectivity index (χ2n) is 10.5. The van der Waals surface area contributed by atoms with Crippen molar-refractivity contribution in [1.82, 2.24) is 30.0 Å². The average Bonchev–Trinajstić information content (AvgIpc) is 3.48. The minimum Gasteiger partial charge on any atom is -0.383 e. The molecule has 1 aromatic carbocycles. The van der Waals surface area contributed by atoms with Crippen LogP contribution in [0, 0.1) is 11.3 Å². The fourth-order valence-electron chi connectivity index (χ4n) is 5.19. The fourth-order valence-corrected chi connectivity index (χ4v) is 5.19. The number of anilines is 3. The van der Waals surface area contributed by atoms with Crippen LogP contribution in [0.2, 0.25) is 0 Å². The smallest absolute Gasteiger partial charge is 0.323 e. The van der Waals surface area contributed by atoms with E-state index in [-0.39, 0.29) is 18.1 Å². The molecule has 0 unspecified atom stereocenters. The van der Waals surface area contributed by atoms with Gasteiger partial charge in [-0.15, -0.1) is 0 Å². The van der Waals surface area contributed by atoms with Crippen molar-refractivity contribution in [3.05, 3.63) is 78.4 Å². The van der Waals surface area contributed by atoms with Crippen LogP contribution in [0.15, 0.2) is 67.3 Å². The number of ether oxygens (including phenoxy) is 1. The van der Waals surface area contributed by atoms with Crippen LogP contribution in [0.3, 0.4) is 0 Å². The van der Waals surface area contributed by atoms with Gasteiger partial charge in [0.25, 0.3) is 0 Å². The summed E-state index contributed by atoms with van der Waals surface area (Å²) in [7, 11) is 3.50. The number of aromatic nitrogens is 5. The fraction of sp³-hybridized carbons (Fsp3) is 0.355. The minimum atomic E-state index is -0.177. The Hall–Kier alpha value is -5.02. The van der Waals surface area contributed by atoms with E-state index in [1.54, 1.807) is 29.1 Å². The van der Waals surface area contributed by atoms with Crippen molar-refractivity contribution < 1.29 is 9.53 Å². The largest absolute Gasteiger partial charge is 0.383 e. The van der Waals surface area contributed by atoms with Gasteiger partial charge in [-0.25, -0.2) is 14.8 Å². The molecule has 1 saturated carbocycles. The first-order valence-corrected chi connectivity index (χ1v) is 14.4. The van der Waals surface area contributed by atoms with E-state index in [0.29, 0.717) is 42.8 Å². The topological polar surface area (TPSA) is 146 Å². The third-order valence-electron chi connectivity index (χ3n) is 7.44. The zero-order valence-electron chi connectivity index (χ0n) is 24.4. The Labute approximate surface area is 251 Å². The number of hydrogen-bond acceptors (Lipinski definition) is 9. The SMILES string of the molecule is COCCNc1nc(N[C@H]2CC[C@H](N(C(=O)NCc3ccccc3)c3ccc(-c4cnn(C)c4)cn3)CC2)ncc1C#N. The Kier molecular flexibility index (Phi) is 9.76. The Balaban J connectivity index is 1.27. The van der Waals surface area contributed by atoms with Crippen molar-refractivity contribution >= 4 is 23.6 Å². The Morgan fingerprint density at radius 1 is 1.07 bits per heavy atom. The molecule has 5 rings (SSSR count). The molecule has 0 atom stereocenters. The number of rotatable bonds is 11. The molecule has 222 valence electrons. The maximum atomic E-state index is 13.6. The van der Waals surface area contributed by atoms with Crippen molar-refractivity contribution in [2.75, 3.05) is 35.8 Å². The summed E-state index contributed by atoms with van der Waals surface area (Å²) in [6, 6.07) is 15.8. The number of pyridine rings is 1. The molecule has 4 aromatic rings. The molecule has 0 saturated heterocycles. The van der Waals surface area contributed by atoms with Crippen molar-refractivity contribution in [3.8, 4) is 17.2 Å². The molecule has 0 aliphatic heterocycles. The molecule has 0 bridgehead atoms. The predicted octanol–water partition coefficient (Wildman–Crippen LogP) is 4.34. The highest BCUT2D eigenvalue weighted by atomic mass is 16.5. The predicted molar refractivity (Wildman–Crippen MR) is 164 cm³/mol. The van der Waals surface area contributed by atoms with Crippen LogP contribution >= 0.6 is 0 Å². The number of carbonyl (C=O) groups excluding carboxylic acids is 1. The van der Waals surface area contributed by atoms with Gasteiger partial charge in [-0.3, -0.25) is 9.58 Å². The van der Waals surface area contributed by atoms with Crippen LogP contribution in [-0.4, -0.2) is 63.1 Å². The van der Waals surface area contributed by atoms with Crippen molar-refractivity contribution in [2.24, 2.45) is 7.05 Å². The van der Waals surface area contributed by atoms with Crippen LogP contribution in [0.5, 0.6) is 0 Å². The average molecular weight is 581 g/mol. The van der Waals surface area contributed by atoms with Crippen LogP contribution in [0.4, 0.5) is 22.4 Å². The molecule has 3 heterocycles. The molecular weight excluding hydrogens is 544 g/mol. The van der Waals surface area contributed by atoms with E-state index in [9.17, 15) is 10.1 Å². The number of benzene rings is 1. The second-order valence-corrected chi connectivity index (χ2v) is 10.5. The van der Waals surface area contributed by atoms with Gasteiger partial charge in [0.2, 0.25) is 5.95 Å².